The number of nitro benzene ring substituents is 2. The van der Waals surface area contributed by atoms with Gasteiger partial charge in [0.2, 0.25) is 0 Å². The van der Waals surface area contributed by atoms with Gasteiger partial charge >= 0.3 is 12.1 Å². The number of ether oxygens (including phenoxy) is 6. The zero-order valence-electron chi connectivity index (χ0n) is 54.0. The molecule has 0 aliphatic heterocycles. The summed E-state index contributed by atoms with van der Waals surface area (Å²) in [6.07, 6.45) is 2.74. The molecule has 25 nitrogen and oxygen atoms in total. The summed E-state index contributed by atoms with van der Waals surface area (Å²) in [5.41, 5.74) is 8.68. The molecule has 0 atom stereocenters. The number of nitrogens with zero attached hydrogens (tertiary/aromatic N) is 12. The second-order valence-corrected chi connectivity index (χ2v) is 36.5. The molecule has 2 aromatic heterocycles. The van der Waals surface area contributed by atoms with Crippen LogP contribution in [0.15, 0.2) is 73.3 Å². The monoisotopic (exact) mass is 1390 g/mol. The quantitative estimate of drug-likeness (QED) is 0.0100. The Morgan fingerprint density at radius 3 is 1.30 bits per heavy atom. The van der Waals surface area contributed by atoms with Crippen LogP contribution in [-0.4, -0.2) is 165 Å². The van der Waals surface area contributed by atoms with Gasteiger partial charge in [-0.15, -0.1) is 0 Å². The maximum absolute atomic E-state index is 14.1. The highest BCUT2D eigenvalue weighted by molar-refractivity contribution is 6.76. The number of aromatic nitrogens is 4. The molecule has 0 aliphatic rings. The molecule has 6 aromatic rings. The number of hydrogen-bond acceptors (Lipinski definition) is 19. The van der Waals surface area contributed by atoms with Gasteiger partial charge in [0.05, 0.1) is 55.4 Å². The summed E-state index contributed by atoms with van der Waals surface area (Å²) in [6, 6.07) is 17.0. The van der Waals surface area contributed by atoms with Crippen LogP contribution in [0.2, 0.25) is 76.6 Å². The van der Waals surface area contributed by atoms with Gasteiger partial charge in [-0.3, -0.25) is 39.8 Å². The van der Waals surface area contributed by atoms with Crippen LogP contribution in [0.4, 0.5) is 49.7 Å². The van der Waals surface area contributed by atoms with Crippen molar-refractivity contribution in [2.75, 3.05) is 123 Å². The van der Waals surface area contributed by atoms with E-state index in [1.807, 2.05) is 44.1 Å². The number of urea groups is 2. The van der Waals surface area contributed by atoms with Crippen molar-refractivity contribution in [1.82, 2.24) is 29.7 Å². The van der Waals surface area contributed by atoms with E-state index in [1.165, 1.54) is 78.9 Å². The minimum atomic E-state index is -1.41. The highest BCUT2D eigenvalue weighted by Gasteiger charge is 2.32. The number of carbonyl (C=O) groups excluding carboxylic acids is 2. The third-order valence-electron chi connectivity index (χ3n) is 13.1. The molecule has 0 spiro atoms. The normalized spacial score (nSPS) is 11.2. The number of hydrogen-bond donors (Lipinski definition) is 1. The summed E-state index contributed by atoms with van der Waals surface area (Å²) >= 11 is 32.5. The zero-order valence-corrected chi connectivity index (χ0v) is 59.8. The van der Waals surface area contributed by atoms with Crippen LogP contribution in [0, 0.1) is 20.2 Å². The van der Waals surface area contributed by atoms with Gasteiger partial charge in [-0.05, 0) is 57.5 Å². The van der Waals surface area contributed by atoms with E-state index in [9.17, 15) is 29.8 Å². The summed E-state index contributed by atoms with van der Waals surface area (Å²) in [5.74, 6) is 1.68. The van der Waals surface area contributed by atoms with Gasteiger partial charge < -0.3 is 44.0 Å². The van der Waals surface area contributed by atoms with Gasteiger partial charge in [-0.25, -0.2) is 29.5 Å². The van der Waals surface area contributed by atoms with Crippen molar-refractivity contribution < 1.29 is 47.9 Å². The Morgan fingerprint density at radius 1 is 0.538 bits per heavy atom. The number of nitrogen functional groups attached to an aromatic ring is 1. The van der Waals surface area contributed by atoms with Crippen LogP contribution < -0.4 is 44.3 Å². The van der Waals surface area contributed by atoms with Crippen molar-refractivity contribution in [3.05, 3.63) is 141 Å². The van der Waals surface area contributed by atoms with E-state index in [2.05, 4.69) is 59.2 Å². The van der Waals surface area contributed by atoms with E-state index in [0.717, 1.165) is 23.2 Å². The number of benzene rings is 4. The lowest BCUT2D eigenvalue weighted by Crippen LogP contribution is -2.43. The molecule has 0 saturated carbocycles. The summed E-state index contributed by atoms with van der Waals surface area (Å²) in [5, 5.41) is 23.2. The van der Waals surface area contributed by atoms with E-state index < -0.39 is 38.1 Å². The average molecular weight is 1400 g/mol. The first-order chi connectivity index (χ1) is 42.7. The van der Waals surface area contributed by atoms with E-state index in [0.29, 0.717) is 54.9 Å². The van der Waals surface area contributed by atoms with Gasteiger partial charge in [0, 0.05) is 105 Å². The van der Waals surface area contributed by atoms with E-state index in [-0.39, 0.29) is 90.9 Å². The minimum absolute atomic E-state index is 0.00292. The van der Waals surface area contributed by atoms with Crippen LogP contribution in [0.25, 0.3) is 0 Å². The Bertz CT molecular complexity index is 3420. The lowest BCUT2D eigenvalue weighted by molar-refractivity contribution is -0.385. The van der Waals surface area contributed by atoms with Crippen molar-refractivity contribution in [2.24, 2.45) is 0 Å². The summed E-state index contributed by atoms with van der Waals surface area (Å²) < 4.78 is 33.4. The van der Waals surface area contributed by atoms with E-state index in [1.54, 1.807) is 50.5 Å². The molecule has 4 amide bonds. The summed E-state index contributed by atoms with van der Waals surface area (Å²) in [4.78, 5) is 74.9. The smallest absolute Gasteiger partial charge is 0.331 e. The van der Waals surface area contributed by atoms with Crippen molar-refractivity contribution in [1.29, 1.82) is 0 Å². The molecule has 2 heterocycles. The molecular weight excluding hydrogens is 1320 g/mol. The molecule has 0 fully saturated rings. The average Bonchev–Trinajstić information content (AvgIpc) is 0.804. The second-order valence-electron chi connectivity index (χ2n) is 23.3. The van der Waals surface area contributed by atoms with Crippen molar-refractivity contribution in [3.8, 4) is 23.0 Å². The number of nitrogens with two attached hydrogens (primary N) is 1. The van der Waals surface area contributed by atoms with Gasteiger partial charge in [-0.1, -0.05) is 115 Å². The molecule has 0 unspecified atom stereocenters. The van der Waals surface area contributed by atoms with Crippen LogP contribution in [-0.2, 0) is 29.0 Å². The Kier molecular flexibility index (Phi) is 29.6. The summed E-state index contributed by atoms with van der Waals surface area (Å²) in [7, 11) is 13.8. The maximum atomic E-state index is 14.1. The van der Waals surface area contributed by atoms with Crippen LogP contribution in [0.3, 0.4) is 0 Å². The third kappa shape index (κ3) is 22.7. The van der Waals surface area contributed by atoms with Gasteiger partial charge in [0.1, 0.15) is 91.7 Å². The fraction of sp³-hybridized carbons (Fsp3) is 0.424. The molecule has 32 heteroatoms. The predicted octanol–water partition coefficient (Wildman–Crippen LogP) is 13.8. The molecule has 0 saturated heterocycles. The number of amides is 4. The maximum Gasteiger partial charge on any atom is 0.331 e. The molecule has 0 radical (unpaired) electrons. The third-order valence-corrected chi connectivity index (χ3v) is 18.2. The molecule has 0 aliphatic carbocycles. The van der Waals surface area contributed by atoms with E-state index in [4.69, 9.17) is 92.2 Å². The molecule has 0 bridgehead atoms. The molecule has 4 aromatic carbocycles. The zero-order chi connectivity index (χ0) is 68.2. The topological polar surface area (TPSA) is 273 Å². The number of nitro groups is 2. The Balaban J connectivity index is 0.000000331. The SMILES string of the molecule is CN(C)Cc1ccc(N)c([N+](=O)[O-])c1.COc1cc(OC)c(Cl)c(N(COCC[Si](C)(C)C)C(=O)N(C)c2cc(Cc3ccc(CN(C)C)cc3[N+](=O)[O-])ncn2)c1Cl.COc1cc(OC)c(Cl)c(N(COCC[Si](C)(C)C)C(=O)N(C)c2cc(Cl)ncn2)c1Cl. The number of methoxy groups -OCH3 is 4. The van der Waals surface area contributed by atoms with E-state index >= 15 is 0 Å². The number of halogens is 5. The molecular formula is C59H80Cl5N13O12Si2. The summed E-state index contributed by atoms with van der Waals surface area (Å²) in [6.45, 7) is 15.3. The van der Waals surface area contributed by atoms with Gasteiger partial charge in [0.15, 0.2) is 0 Å². The highest BCUT2D eigenvalue weighted by Crippen LogP contribution is 2.48. The largest absolute Gasteiger partial charge is 0.495 e. The van der Waals surface area contributed by atoms with Crippen LogP contribution >= 0.6 is 58.0 Å². The predicted molar refractivity (Wildman–Crippen MR) is 367 cm³/mol. The Labute approximate surface area is 558 Å². The molecule has 2 N–H and O–H groups in total. The van der Waals surface area contributed by atoms with Crippen molar-refractivity contribution >= 4 is 126 Å². The molecule has 6 rings (SSSR count). The number of rotatable bonds is 26. The standard InChI is InChI=1S/C30H40Cl2N6O6Si.C20H27Cl3N4O4Si.C9H13N3O2/c1-35(2)17-20-9-10-21(23(13-20)38(40)41)14-22-15-26(34-18-33-22)36(3)30(39)37(19-44-11-12-45(6,7)8)29-27(31)24(42-4)16-25(43-5)28(29)32;1-26(16-10-15(21)24-11-25-16)20(28)27(12-31-7-8-32(4,5)6)19-17(22)13(29-2)9-14(30-3)18(19)23;1-11(2)6-7-3-4-8(10)9(5-7)12(13)14/h9-10,13,15-16,18H,11-12,14,17,19H2,1-8H3;9-11H,7-8,12H2,1-6H3;3-5H,6,10H2,1-2H3. The molecule has 91 heavy (non-hydrogen) atoms. The first-order valence-electron chi connectivity index (χ1n) is 28.0. The van der Waals surface area contributed by atoms with Gasteiger partial charge in [0.25, 0.3) is 11.4 Å². The van der Waals surface area contributed by atoms with Crippen LogP contribution in [0.1, 0.15) is 22.4 Å². The fourth-order valence-electron chi connectivity index (χ4n) is 8.25. The molecule has 496 valence electrons. The lowest BCUT2D eigenvalue weighted by atomic mass is 10.0. The van der Waals surface area contributed by atoms with Gasteiger partial charge in [-0.2, -0.15) is 0 Å². The second kappa shape index (κ2) is 35.2. The van der Waals surface area contributed by atoms with Crippen LogP contribution in [0.5, 0.6) is 23.0 Å². The van der Waals surface area contributed by atoms with Crippen molar-refractivity contribution in [3.63, 3.8) is 0 Å². The first kappa shape index (κ1) is 76.6. The fourth-order valence-corrected chi connectivity index (χ4v) is 11.3. The first-order valence-corrected chi connectivity index (χ1v) is 37.3. The lowest BCUT2D eigenvalue weighted by Gasteiger charge is -2.30. The number of carbonyl (C=O) groups is 2. The highest BCUT2D eigenvalue weighted by atomic mass is 35.5. The minimum Gasteiger partial charge on any atom is -0.495 e. The Morgan fingerprint density at radius 2 is 0.923 bits per heavy atom. The number of anilines is 5. The Hall–Kier alpha value is -6.90. The van der Waals surface area contributed by atoms with Crippen molar-refractivity contribution in [2.45, 2.75) is 70.9 Å².